The second-order valence-electron chi connectivity index (χ2n) is 13.7. The van der Waals surface area contributed by atoms with E-state index in [1.807, 2.05) is 0 Å². The van der Waals surface area contributed by atoms with E-state index in [0.29, 0.717) is 0 Å². The summed E-state index contributed by atoms with van der Waals surface area (Å²) in [5.74, 6) is 0.225. The largest absolute Gasteiger partial charge is 0.355 e. The van der Waals surface area contributed by atoms with Crippen molar-refractivity contribution in [2.24, 2.45) is 0 Å². The number of aromatic nitrogens is 2. The van der Waals surface area contributed by atoms with Gasteiger partial charge in [-0.25, -0.2) is 0 Å². The van der Waals surface area contributed by atoms with E-state index in [0.717, 1.165) is 5.52 Å². The van der Waals surface area contributed by atoms with E-state index < -0.39 is 0 Å². The van der Waals surface area contributed by atoms with E-state index in [9.17, 15) is 0 Å². The Balaban J connectivity index is 1.11. The van der Waals surface area contributed by atoms with E-state index in [2.05, 4.69) is 192 Å². The van der Waals surface area contributed by atoms with Gasteiger partial charge in [-0.15, -0.1) is 0 Å². The van der Waals surface area contributed by atoms with Crippen LogP contribution in [0.5, 0.6) is 0 Å². The third-order valence-corrected chi connectivity index (χ3v) is 11.0. The standard InChI is InChI=1S/C49H32N2/c1-2-13-31(14-3-1)48-38-18-4-5-19-39(38)49-35(20-12-21-40(48)49)33-26-28-47-42(30-33)37-17-8-11-24-46(37)51(47)45-23-10-7-15-34(45)32-25-27-44-41(29-32)36-16-6-9-22-43(36)50-44/h1-30,48,50H. The fraction of sp³-hybridized carbons (Fsp3) is 0.0204. The molecule has 2 nitrogen and oxygen atoms in total. The molecule has 1 N–H and O–H groups in total. The number of aromatic amines is 1. The highest BCUT2D eigenvalue weighted by atomic mass is 15.0. The summed E-state index contributed by atoms with van der Waals surface area (Å²) in [6.07, 6.45) is 0. The van der Waals surface area contributed by atoms with Gasteiger partial charge in [0.05, 0.1) is 16.7 Å². The van der Waals surface area contributed by atoms with Crippen LogP contribution >= 0.6 is 0 Å². The van der Waals surface area contributed by atoms with Crippen molar-refractivity contribution in [3.05, 3.63) is 199 Å². The van der Waals surface area contributed by atoms with Crippen molar-refractivity contribution in [3.63, 3.8) is 0 Å². The number of benzene rings is 8. The number of nitrogens with one attached hydrogen (secondary N) is 1. The fourth-order valence-corrected chi connectivity index (χ4v) is 8.83. The topological polar surface area (TPSA) is 20.7 Å². The van der Waals surface area contributed by atoms with Crippen LogP contribution in [0.25, 0.3) is 82.7 Å². The van der Waals surface area contributed by atoms with Crippen molar-refractivity contribution in [1.82, 2.24) is 9.55 Å². The van der Waals surface area contributed by atoms with Crippen molar-refractivity contribution in [1.29, 1.82) is 0 Å². The van der Waals surface area contributed by atoms with Gasteiger partial charge in [0.2, 0.25) is 0 Å². The molecule has 10 aromatic rings. The molecule has 2 heterocycles. The molecule has 0 fully saturated rings. The highest BCUT2D eigenvalue weighted by Gasteiger charge is 2.31. The Kier molecular flexibility index (Phi) is 6.05. The third-order valence-electron chi connectivity index (χ3n) is 11.0. The first-order valence-electron chi connectivity index (χ1n) is 17.7. The molecular formula is C49H32N2. The van der Waals surface area contributed by atoms with Crippen LogP contribution in [0.4, 0.5) is 0 Å². The van der Waals surface area contributed by atoms with Crippen LogP contribution in [0, 0.1) is 0 Å². The molecule has 0 saturated carbocycles. The van der Waals surface area contributed by atoms with Gasteiger partial charge >= 0.3 is 0 Å². The molecule has 0 aliphatic heterocycles. The fourth-order valence-electron chi connectivity index (χ4n) is 8.83. The number of rotatable bonds is 4. The number of fused-ring (bicyclic) bond motifs is 9. The quantitative estimate of drug-likeness (QED) is 0.196. The molecule has 2 heteroatoms. The average molecular weight is 649 g/mol. The number of para-hydroxylation sites is 3. The normalized spacial score (nSPS) is 13.7. The maximum Gasteiger partial charge on any atom is 0.0541 e. The van der Waals surface area contributed by atoms with E-state index in [-0.39, 0.29) is 5.92 Å². The summed E-state index contributed by atoms with van der Waals surface area (Å²) < 4.78 is 2.46. The summed E-state index contributed by atoms with van der Waals surface area (Å²) in [4.78, 5) is 3.59. The van der Waals surface area contributed by atoms with Crippen molar-refractivity contribution in [2.75, 3.05) is 0 Å². The lowest BCUT2D eigenvalue weighted by molar-refractivity contribution is 1.02. The van der Waals surface area contributed by atoms with Gasteiger partial charge in [0.1, 0.15) is 0 Å². The summed E-state index contributed by atoms with van der Waals surface area (Å²) in [5.41, 5.74) is 17.6. The molecule has 1 aliphatic rings. The molecule has 1 unspecified atom stereocenters. The number of nitrogens with zero attached hydrogens (tertiary/aromatic N) is 1. The van der Waals surface area contributed by atoms with Gasteiger partial charge in [-0.1, -0.05) is 140 Å². The maximum atomic E-state index is 3.59. The van der Waals surface area contributed by atoms with Crippen LogP contribution in [0.2, 0.25) is 0 Å². The molecule has 0 spiro atoms. The highest BCUT2D eigenvalue weighted by Crippen LogP contribution is 2.52. The van der Waals surface area contributed by atoms with Crippen LogP contribution in [-0.4, -0.2) is 9.55 Å². The lowest BCUT2D eigenvalue weighted by Crippen LogP contribution is -1.98. The highest BCUT2D eigenvalue weighted by molar-refractivity contribution is 6.12. The molecule has 51 heavy (non-hydrogen) atoms. The second kappa shape index (κ2) is 10.9. The monoisotopic (exact) mass is 648 g/mol. The third kappa shape index (κ3) is 4.17. The Bertz CT molecular complexity index is 2980. The molecule has 0 amide bonds. The first-order valence-corrected chi connectivity index (χ1v) is 17.7. The summed E-state index contributed by atoms with van der Waals surface area (Å²) in [7, 11) is 0. The summed E-state index contributed by atoms with van der Waals surface area (Å²) in [6.45, 7) is 0. The lowest BCUT2D eigenvalue weighted by Gasteiger charge is -2.15. The first-order chi connectivity index (χ1) is 25.3. The minimum atomic E-state index is 0.225. The van der Waals surface area contributed by atoms with E-state index >= 15 is 0 Å². The molecule has 238 valence electrons. The minimum absolute atomic E-state index is 0.225. The van der Waals surface area contributed by atoms with Crippen LogP contribution < -0.4 is 0 Å². The average Bonchev–Trinajstić information content (AvgIpc) is 3.85. The number of hydrogen-bond acceptors (Lipinski definition) is 0. The Labute approximate surface area is 295 Å². The van der Waals surface area contributed by atoms with Gasteiger partial charge in [-0.3, -0.25) is 0 Å². The molecule has 0 saturated heterocycles. The summed E-state index contributed by atoms with van der Waals surface area (Å²) in [5, 5.41) is 5.01. The van der Waals surface area contributed by atoms with Crippen molar-refractivity contribution in [3.8, 4) is 39.1 Å². The number of hydrogen-bond donors (Lipinski definition) is 1. The van der Waals surface area contributed by atoms with Gasteiger partial charge in [0.15, 0.2) is 0 Å². The molecular weight excluding hydrogens is 617 g/mol. The molecule has 0 radical (unpaired) electrons. The second-order valence-corrected chi connectivity index (χ2v) is 13.7. The Morgan fingerprint density at radius 1 is 0.392 bits per heavy atom. The zero-order valence-electron chi connectivity index (χ0n) is 27.8. The van der Waals surface area contributed by atoms with Gasteiger partial charge in [-0.05, 0) is 87.0 Å². The first kappa shape index (κ1) is 28.2. The molecule has 1 atom stereocenters. The van der Waals surface area contributed by atoms with E-state index in [1.54, 1.807) is 0 Å². The van der Waals surface area contributed by atoms with Gasteiger partial charge in [0, 0.05) is 44.1 Å². The van der Waals surface area contributed by atoms with Crippen LogP contribution in [0.15, 0.2) is 182 Å². The summed E-state index contributed by atoms with van der Waals surface area (Å²) in [6, 6.07) is 66.9. The molecule has 8 aromatic carbocycles. The Morgan fingerprint density at radius 2 is 1.02 bits per heavy atom. The minimum Gasteiger partial charge on any atom is -0.355 e. The summed E-state index contributed by atoms with van der Waals surface area (Å²) >= 11 is 0. The van der Waals surface area contributed by atoms with Gasteiger partial charge in [0.25, 0.3) is 0 Å². The molecule has 1 aliphatic carbocycles. The van der Waals surface area contributed by atoms with Gasteiger partial charge in [-0.2, -0.15) is 0 Å². The molecule has 0 bridgehead atoms. The van der Waals surface area contributed by atoms with Crippen molar-refractivity contribution in [2.45, 2.75) is 5.92 Å². The van der Waals surface area contributed by atoms with Crippen LogP contribution in [0.1, 0.15) is 22.6 Å². The maximum absolute atomic E-state index is 3.59. The van der Waals surface area contributed by atoms with Crippen molar-refractivity contribution < 1.29 is 0 Å². The zero-order valence-corrected chi connectivity index (χ0v) is 27.8. The molecule has 11 rings (SSSR count). The van der Waals surface area contributed by atoms with Crippen LogP contribution in [0.3, 0.4) is 0 Å². The number of H-pyrrole nitrogens is 1. The lowest BCUT2D eigenvalue weighted by atomic mass is 9.88. The smallest absolute Gasteiger partial charge is 0.0541 e. The van der Waals surface area contributed by atoms with E-state index in [4.69, 9.17) is 0 Å². The van der Waals surface area contributed by atoms with Crippen molar-refractivity contribution >= 4 is 43.6 Å². The predicted molar refractivity (Wildman–Crippen MR) is 214 cm³/mol. The van der Waals surface area contributed by atoms with Crippen LogP contribution in [-0.2, 0) is 0 Å². The predicted octanol–water partition coefficient (Wildman–Crippen LogP) is 12.9. The Hall–Kier alpha value is -6.64. The van der Waals surface area contributed by atoms with E-state index in [1.165, 1.54) is 93.9 Å². The van der Waals surface area contributed by atoms with Gasteiger partial charge < -0.3 is 9.55 Å². The Morgan fingerprint density at radius 3 is 1.94 bits per heavy atom. The molecule has 2 aromatic heterocycles. The zero-order chi connectivity index (χ0) is 33.5. The SMILES string of the molecule is c1ccc(C2c3ccccc3-c3c(-c4ccc5c(c4)c4ccccc4n5-c4ccccc4-c4ccc5[nH]c6ccccc6c5c4)cccc32)cc1.